The molecule has 0 aliphatic heterocycles. The number of hydrogen-bond donors (Lipinski definition) is 1. The van der Waals surface area contributed by atoms with Crippen molar-refractivity contribution in [3.8, 4) is 0 Å². The van der Waals surface area contributed by atoms with Crippen LogP contribution in [0.15, 0.2) is 48.5 Å². The van der Waals surface area contributed by atoms with Gasteiger partial charge in [0.05, 0.1) is 0 Å². The Kier molecular flexibility index (Phi) is 4.30. The highest BCUT2D eigenvalue weighted by atomic mass is 19.1. The summed E-state index contributed by atoms with van der Waals surface area (Å²) >= 11 is 0. The van der Waals surface area contributed by atoms with Gasteiger partial charge in [-0.3, -0.25) is 4.79 Å². The van der Waals surface area contributed by atoms with Crippen LogP contribution in [-0.4, -0.2) is 5.78 Å². The average Bonchev–Trinajstić information content (AvgIpc) is 2.46. The fourth-order valence-electron chi connectivity index (χ4n) is 2.28. The third-order valence-electron chi connectivity index (χ3n) is 3.59. The van der Waals surface area contributed by atoms with Crippen LogP contribution in [-0.2, 0) is 0 Å². The lowest BCUT2D eigenvalue weighted by Gasteiger charge is -2.20. The number of benzene rings is 2. The molecule has 0 heterocycles. The number of Topliss-reactive ketones (excluding diaryl/α,β-unsaturated/α-hetero) is 1. The molecule has 104 valence electrons. The van der Waals surface area contributed by atoms with E-state index in [0.29, 0.717) is 11.1 Å². The number of carbonyl (C=O) groups excluding carboxylic acids is 1. The molecule has 0 amide bonds. The Hall–Kier alpha value is -2.00. The summed E-state index contributed by atoms with van der Waals surface area (Å²) in [6.45, 7) is 3.54. The van der Waals surface area contributed by atoms with Crippen molar-refractivity contribution in [1.29, 1.82) is 0 Å². The molecule has 2 unspecified atom stereocenters. The fourth-order valence-corrected chi connectivity index (χ4v) is 2.28. The third-order valence-corrected chi connectivity index (χ3v) is 3.59. The van der Waals surface area contributed by atoms with Gasteiger partial charge in [0.15, 0.2) is 5.78 Å². The second-order valence-electron chi connectivity index (χ2n) is 5.05. The zero-order valence-corrected chi connectivity index (χ0v) is 11.6. The van der Waals surface area contributed by atoms with Crippen molar-refractivity contribution in [2.75, 3.05) is 0 Å². The predicted molar refractivity (Wildman–Crippen MR) is 78.0 cm³/mol. The molecule has 0 radical (unpaired) electrons. The number of rotatable bonds is 4. The van der Waals surface area contributed by atoms with Gasteiger partial charge < -0.3 is 5.73 Å². The van der Waals surface area contributed by atoms with Gasteiger partial charge in [-0.15, -0.1) is 0 Å². The molecule has 0 aromatic heterocycles. The zero-order chi connectivity index (χ0) is 14.7. The molecule has 0 saturated carbocycles. The Morgan fingerprint density at radius 1 is 1.15 bits per heavy atom. The first-order valence-corrected chi connectivity index (χ1v) is 6.61. The van der Waals surface area contributed by atoms with Crippen LogP contribution in [0.2, 0.25) is 0 Å². The molecule has 0 aliphatic rings. The minimum atomic E-state index is -0.367. The SMILES string of the molecule is Cc1cc(F)ccc1C(=O)C(C)C(N)c1ccccc1. The summed E-state index contributed by atoms with van der Waals surface area (Å²) in [5.74, 6) is -0.750. The monoisotopic (exact) mass is 271 g/mol. The van der Waals surface area contributed by atoms with Crippen molar-refractivity contribution in [2.24, 2.45) is 11.7 Å². The maximum Gasteiger partial charge on any atom is 0.167 e. The molecule has 2 N–H and O–H groups in total. The van der Waals surface area contributed by atoms with E-state index >= 15 is 0 Å². The number of aryl methyl sites for hydroxylation is 1. The molecule has 2 aromatic rings. The largest absolute Gasteiger partial charge is 0.323 e. The summed E-state index contributed by atoms with van der Waals surface area (Å²) in [6, 6.07) is 13.4. The molecule has 3 heteroatoms. The molecular formula is C17H18FNO. The van der Waals surface area contributed by atoms with Gasteiger partial charge in [-0.1, -0.05) is 37.3 Å². The number of hydrogen-bond acceptors (Lipinski definition) is 2. The van der Waals surface area contributed by atoms with Crippen molar-refractivity contribution in [3.05, 3.63) is 71.0 Å². The molecule has 2 aromatic carbocycles. The minimum Gasteiger partial charge on any atom is -0.323 e. The number of halogens is 1. The summed E-state index contributed by atoms with van der Waals surface area (Å²) in [5, 5.41) is 0. The lowest BCUT2D eigenvalue weighted by atomic mass is 9.87. The summed E-state index contributed by atoms with van der Waals surface area (Å²) in [7, 11) is 0. The third kappa shape index (κ3) is 2.94. The lowest BCUT2D eigenvalue weighted by molar-refractivity contribution is 0.0912. The van der Waals surface area contributed by atoms with Gasteiger partial charge in [-0.2, -0.15) is 0 Å². The van der Waals surface area contributed by atoms with E-state index in [0.717, 1.165) is 5.56 Å². The minimum absolute atomic E-state index is 0.0566. The highest BCUT2D eigenvalue weighted by molar-refractivity contribution is 5.99. The van der Waals surface area contributed by atoms with Gasteiger partial charge in [0.1, 0.15) is 5.82 Å². The molecule has 20 heavy (non-hydrogen) atoms. The Morgan fingerprint density at radius 2 is 1.80 bits per heavy atom. The van der Waals surface area contributed by atoms with Gasteiger partial charge >= 0.3 is 0 Å². The maximum atomic E-state index is 13.1. The molecule has 0 spiro atoms. The van der Waals surface area contributed by atoms with Crippen molar-refractivity contribution < 1.29 is 9.18 Å². The van der Waals surface area contributed by atoms with Crippen LogP contribution in [0.25, 0.3) is 0 Å². The van der Waals surface area contributed by atoms with Gasteiger partial charge in [0.2, 0.25) is 0 Å². The van der Waals surface area contributed by atoms with Crippen molar-refractivity contribution in [1.82, 2.24) is 0 Å². The first-order chi connectivity index (χ1) is 9.50. The van der Waals surface area contributed by atoms with E-state index in [2.05, 4.69) is 0 Å². The second-order valence-corrected chi connectivity index (χ2v) is 5.05. The van der Waals surface area contributed by atoms with Gasteiger partial charge in [0, 0.05) is 17.5 Å². The fraction of sp³-hybridized carbons (Fsp3) is 0.235. The molecule has 2 nitrogen and oxygen atoms in total. The van der Waals surface area contributed by atoms with E-state index in [4.69, 9.17) is 5.73 Å². The summed E-state index contributed by atoms with van der Waals surface area (Å²) in [5.41, 5.74) is 8.26. The topological polar surface area (TPSA) is 43.1 Å². The van der Waals surface area contributed by atoms with Gasteiger partial charge in [-0.25, -0.2) is 4.39 Å². The van der Waals surface area contributed by atoms with E-state index in [1.165, 1.54) is 18.2 Å². The van der Waals surface area contributed by atoms with Crippen LogP contribution < -0.4 is 5.73 Å². The van der Waals surface area contributed by atoms with Crippen LogP contribution in [0.3, 0.4) is 0 Å². The van der Waals surface area contributed by atoms with Crippen LogP contribution >= 0.6 is 0 Å². The second kappa shape index (κ2) is 5.97. The van der Waals surface area contributed by atoms with E-state index in [9.17, 15) is 9.18 Å². The number of ketones is 1. The highest BCUT2D eigenvalue weighted by Crippen LogP contribution is 2.24. The lowest BCUT2D eigenvalue weighted by Crippen LogP contribution is -2.26. The molecule has 0 fully saturated rings. The van der Waals surface area contributed by atoms with Gasteiger partial charge in [-0.05, 0) is 36.2 Å². The molecular weight excluding hydrogens is 253 g/mol. The van der Waals surface area contributed by atoms with Crippen LogP contribution in [0, 0.1) is 18.7 Å². The quantitative estimate of drug-likeness (QED) is 0.862. The van der Waals surface area contributed by atoms with E-state index < -0.39 is 0 Å². The molecule has 0 aliphatic carbocycles. The normalized spacial score (nSPS) is 13.8. The van der Waals surface area contributed by atoms with Crippen LogP contribution in [0.5, 0.6) is 0 Å². The van der Waals surface area contributed by atoms with Crippen molar-refractivity contribution in [3.63, 3.8) is 0 Å². The predicted octanol–water partition coefficient (Wildman–Crippen LogP) is 3.65. The first kappa shape index (κ1) is 14.4. The average molecular weight is 271 g/mol. The molecule has 2 rings (SSSR count). The van der Waals surface area contributed by atoms with E-state index in [1.54, 1.807) is 6.92 Å². The number of nitrogens with two attached hydrogens (primary N) is 1. The molecule has 0 saturated heterocycles. The Bertz CT molecular complexity index is 610. The van der Waals surface area contributed by atoms with E-state index in [-0.39, 0.29) is 23.6 Å². The summed E-state index contributed by atoms with van der Waals surface area (Å²) in [4.78, 5) is 12.5. The van der Waals surface area contributed by atoms with Crippen molar-refractivity contribution in [2.45, 2.75) is 19.9 Å². The Labute approximate surface area is 118 Å². The molecule has 2 atom stereocenters. The number of carbonyl (C=O) groups is 1. The Morgan fingerprint density at radius 3 is 2.40 bits per heavy atom. The molecule has 0 bridgehead atoms. The van der Waals surface area contributed by atoms with Crippen molar-refractivity contribution >= 4 is 5.78 Å². The zero-order valence-electron chi connectivity index (χ0n) is 11.6. The summed E-state index contributed by atoms with van der Waals surface area (Å²) < 4.78 is 13.1. The highest BCUT2D eigenvalue weighted by Gasteiger charge is 2.24. The van der Waals surface area contributed by atoms with E-state index in [1.807, 2.05) is 37.3 Å². The van der Waals surface area contributed by atoms with Crippen LogP contribution in [0.1, 0.15) is 34.5 Å². The standard InChI is InChI=1S/C17H18FNO/c1-11-10-14(18)8-9-15(11)17(20)12(2)16(19)13-6-4-3-5-7-13/h3-10,12,16H,19H2,1-2H3. The maximum absolute atomic E-state index is 13.1. The van der Waals surface area contributed by atoms with Crippen LogP contribution in [0.4, 0.5) is 4.39 Å². The van der Waals surface area contributed by atoms with Gasteiger partial charge in [0.25, 0.3) is 0 Å². The smallest absolute Gasteiger partial charge is 0.167 e. The first-order valence-electron chi connectivity index (χ1n) is 6.61. The Balaban J connectivity index is 2.24. The summed E-state index contributed by atoms with van der Waals surface area (Å²) in [6.07, 6.45) is 0.